The van der Waals surface area contributed by atoms with E-state index in [1.807, 2.05) is 0 Å². The Labute approximate surface area is 120 Å². The molecule has 0 saturated carbocycles. The molecule has 0 aromatic heterocycles. The van der Waals surface area contributed by atoms with E-state index in [0.717, 1.165) is 12.1 Å². The zero-order valence-electron chi connectivity index (χ0n) is 9.92. The Kier molecular flexibility index (Phi) is 5.37. The Bertz CT molecular complexity index is 520. The third-order valence-electron chi connectivity index (χ3n) is 2.15. The zero-order chi connectivity index (χ0) is 15.3. The fourth-order valence-corrected chi connectivity index (χ4v) is 1.75. The van der Waals surface area contributed by atoms with Gasteiger partial charge in [-0.15, -0.1) is 0 Å². The number of amides is 2. The number of aliphatic carboxylic acids is 1. The highest BCUT2D eigenvalue weighted by Gasteiger charge is 2.33. The molecule has 0 atom stereocenters. The molecule has 0 aliphatic rings. The first-order chi connectivity index (χ1) is 9.20. The molecule has 5 nitrogen and oxygen atoms in total. The average Bonchev–Trinajstić information content (AvgIpc) is 2.29. The van der Waals surface area contributed by atoms with Gasteiger partial charge >= 0.3 is 18.2 Å². The molecule has 1 rings (SSSR count). The Morgan fingerprint density at radius 2 is 1.95 bits per heavy atom. The summed E-state index contributed by atoms with van der Waals surface area (Å²) < 4.78 is 37.8. The predicted octanol–water partition coefficient (Wildman–Crippen LogP) is 3.06. The molecule has 0 aliphatic heterocycles. The van der Waals surface area contributed by atoms with Gasteiger partial charge in [0.25, 0.3) is 0 Å². The van der Waals surface area contributed by atoms with Gasteiger partial charge in [0.15, 0.2) is 0 Å². The fraction of sp³-hybridized carbons (Fsp3) is 0.273. The minimum Gasteiger partial charge on any atom is -0.481 e. The van der Waals surface area contributed by atoms with Crippen molar-refractivity contribution in [2.75, 3.05) is 11.9 Å². The van der Waals surface area contributed by atoms with Crippen molar-refractivity contribution in [2.45, 2.75) is 12.6 Å². The van der Waals surface area contributed by atoms with E-state index in [1.54, 1.807) is 0 Å². The second kappa shape index (κ2) is 6.60. The van der Waals surface area contributed by atoms with Crippen molar-refractivity contribution in [1.29, 1.82) is 0 Å². The number of halogens is 4. The Balaban J connectivity index is 2.69. The molecular weight excluding hydrogens is 345 g/mol. The van der Waals surface area contributed by atoms with Crippen molar-refractivity contribution in [3.8, 4) is 0 Å². The molecular formula is C11H10BrF3N2O3. The highest BCUT2D eigenvalue weighted by molar-refractivity contribution is 9.10. The van der Waals surface area contributed by atoms with Crippen molar-refractivity contribution in [2.24, 2.45) is 0 Å². The van der Waals surface area contributed by atoms with Crippen molar-refractivity contribution in [1.82, 2.24) is 5.32 Å². The van der Waals surface area contributed by atoms with E-state index in [4.69, 9.17) is 5.11 Å². The first kappa shape index (κ1) is 16.3. The molecule has 0 heterocycles. The summed E-state index contributed by atoms with van der Waals surface area (Å²) in [6, 6.07) is 2.45. The Hall–Kier alpha value is -1.77. The molecule has 0 aliphatic carbocycles. The number of anilines is 1. The van der Waals surface area contributed by atoms with E-state index < -0.39 is 23.7 Å². The standard InChI is InChI=1S/C11H10BrF3N2O3/c12-8-2-1-6(5-7(8)11(13,14)15)17-10(20)16-4-3-9(18)19/h1-2,5H,3-4H2,(H,18,19)(H2,16,17,20). The van der Waals surface area contributed by atoms with Crippen LogP contribution in [-0.2, 0) is 11.0 Å². The first-order valence-electron chi connectivity index (χ1n) is 5.33. The van der Waals surface area contributed by atoms with Crippen LogP contribution in [0.2, 0.25) is 0 Å². The minimum absolute atomic E-state index is 0.0478. The van der Waals surface area contributed by atoms with Gasteiger partial charge in [-0.05, 0) is 18.2 Å². The molecule has 20 heavy (non-hydrogen) atoms. The molecule has 1 aromatic rings. The molecule has 0 spiro atoms. The topological polar surface area (TPSA) is 78.4 Å². The fourth-order valence-electron chi connectivity index (χ4n) is 1.28. The quantitative estimate of drug-likeness (QED) is 0.777. The van der Waals surface area contributed by atoms with Crippen LogP contribution in [0.5, 0.6) is 0 Å². The van der Waals surface area contributed by atoms with Gasteiger partial charge in [0.2, 0.25) is 0 Å². The van der Waals surface area contributed by atoms with E-state index in [0.29, 0.717) is 0 Å². The van der Waals surface area contributed by atoms with Gasteiger partial charge in [-0.1, -0.05) is 15.9 Å². The lowest BCUT2D eigenvalue weighted by molar-refractivity contribution is -0.138. The van der Waals surface area contributed by atoms with Crippen LogP contribution >= 0.6 is 15.9 Å². The van der Waals surface area contributed by atoms with Gasteiger partial charge in [0.1, 0.15) is 0 Å². The maximum atomic E-state index is 12.6. The summed E-state index contributed by atoms with van der Waals surface area (Å²) in [6.07, 6.45) is -4.82. The number of carbonyl (C=O) groups is 2. The molecule has 110 valence electrons. The summed E-state index contributed by atoms with van der Waals surface area (Å²) in [6.45, 7) is -0.121. The normalized spacial score (nSPS) is 11.0. The largest absolute Gasteiger partial charge is 0.481 e. The van der Waals surface area contributed by atoms with E-state index >= 15 is 0 Å². The van der Waals surface area contributed by atoms with Crippen LogP contribution in [0.3, 0.4) is 0 Å². The summed E-state index contributed by atoms with van der Waals surface area (Å²) in [5.41, 5.74) is -0.964. The number of rotatable bonds is 4. The van der Waals surface area contributed by atoms with Crippen LogP contribution in [-0.4, -0.2) is 23.7 Å². The lowest BCUT2D eigenvalue weighted by atomic mass is 10.2. The molecule has 0 fully saturated rings. The molecule has 3 N–H and O–H groups in total. The lowest BCUT2D eigenvalue weighted by Crippen LogP contribution is -2.30. The third-order valence-corrected chi connectivity index (χ3v) is 2.85. The van der Waals surface area contributed by atoms with Crippen LogP contribution in [0.1, 0.15) is 12.0 Å². The Morgan fingerprint density at radius 1 is 1.30 bits per heavy atom. The average molecular weight is 355 g/mol. The molecule has 2 amide bonds. The van der Waals surface area contributed by atoms with E-state index in [2.05, 4.69) is 26.6 Å². The minimum atomic E-state index is -4.55. The number of urea groups is 1. The van der Waals surface area contributed by atoms with Gasteiger partial charge in [0.05, 0.1) is 12.0 Å². The maximum Gasteiger partial charge on any atom is 0.417 e. The number of hydrogen-bond acceptors (Lipinski definition) is 2. The Morgan fingerprint density at radius 3 is 2.50 bits per heavy atom. The molecule has 0 bridgehead atoms. The summed E-state index contributed by atoms with van der Waals surface area (Å²) in [5.74, 6) is -1.09. The van der Waals surface area contributed by atoms with Gasteiger partial charge < -0.3 is 15.7 Å². The summed E-state index contributed by atoms with van der Waals surface area (Å²) >= 11 is 2.78. The summed E-state index contributed by atoms with van der Waals surface area (Å²) in [4.78, 5) is 21.6. The predicted molar refractivity (Wildman–Crippen MR) is 68.4 cm³/mol. The number of hydrogen-bond donors (Lipinski definition) is 3. The number of carboxylic acids is 1. The van der Waals surface area contributed by atoms with Crippen molar-refractivity contribution in [3.05, 3.63) is 28.2 Å². The zero-order valence-corrected chi connectivity index (χ0v) is 11.5. The second-order valence-corrected chi connectivity index (χ2v) is 4.57. The molecule has 0 unspecified atom stereocenters. The molecule has 0 saturated heterocycles. The molecule has 0 radical (unpaired) electrons. The van der Waals surface area contributed by atoms with E-state index in [-0.39, 0.29) is 23.1 Å². The number of nitrogens with one attached hydrogen (secondary N) is 2. The van der Waals surface area contributed by atoms with Gasteiger partial charge in [0, 0.05) is 16.7 Å². The number of carbonyl (C=O) groups excluding carboxylic acids is 1. The number of alkyl halides is 3. The highest BCUT2D eigenvalue weighted by Crippen LogP contribution is 2.36. The van der Waals surface area contributed by atoms with Crippen molar-refractivity contribution >= 4 is 33.6 Å². The van der Waals surface area contributed by atoms with Crippen molar-refractivity contribution in [3.63, 3.8) is 0 Å². The van der Waals surface area contributed by atoms with Gasteiger partial charge in [-0.2, -0.15) is 13.2 Å². The van der Waals surface area contributed by atoms with Crippen LogP contribution in [0.15, 0.2) is 22.7 Å². The smallest absolute Gasteiger partial charge is 0.417 e. The monoisotopic (exact) mass is 354 g/mol. The van der Waals surface area contributed by atoms with Crippen LogP contribution < -0.4 is 10.6 Å². The lowest BCUT2D eigenvalue weighted by Gasteiger charge is -2.12. The third kappa shape index (κ3) is 5.08. The SMILES string of the molecule is O=C(O)CCNC(=O)Nc1ccc(Br)c(C(F)(F)F)c1. The number of benzene rings is 1. The van der Waals surface area contributed by atoms with Gasteiger partial charge in [-0.3, -0.25) is 4.79 Å². The maximum absolute atomic E-state index is 12.6. The summed E-state index contributed by atoms with van der Waals surface area (Å²) in [7, 11) is 0. The first-order valence-corrected chi connectivity index (χ1v) is 6.13. The van der Waals surface area contributed by atoms with Crippen molar-refractivity contribution < 1.29 is 27.9 Å². The van der Waals surface area contributed by atoms with Gasteiger partial charge in [-0.25, -0.2) is 4.79 Å². The van der Waals surface area contributed by atoms with Crippen LogP contribution in [0.4, 0.5) is 23.7 Å². The summed E-state index contributed by atoms with van der Waals surface area (Å²) in [5, 5.41) is 12.8. The molecule has 9 heteroatoms. The highest BCUT2D eigenvalue weighted by atomic mass is 79.9. The van der Waals surface area contributed by atoms with E-state index in [9.17, 15) is 22.8 Å². The van der Waals surface area contributed by atoms with Crippen LogP contribution in [0.25, 0.3) is 0 Å². The van der Waals surface area contributed by atoms with E-state index in [1.165, 1.54) is 6.07 Å². The molecule has 1 aromatic carbocycles. The number of carboxylic acid groups (broad SMARTS) is 1. The second-order valence-electron chi connectivity index (χ2n) is 3.72. The van der Waals surface area contributed by atoms with Crippen LogP contribution in [0, 0.1) is 0 Å².